The van der Waals surface area contributed by atoms with Gasteiger partial charge in [0.2, 0.25) is 0 Å². The number of nitro groups is 1. The third-order valence-electron chi connectivity index (χ3n) is 6.28. The molecule has 0 saturated carbocycles. The Bertz CT molecular complexity index is 1130. The molecule has 14 heteroatoms. The molecule has 0 spiro atoms. The highest BCUT2D eigenvalue weighted by molar-refractivity contribution is 6.00. The van der Waals surface area contributed by atoms with Gasteiger partial charge in [0.05, 0.1) is 42.3 Å². The van der Waals surface area contributed by atoms with Crippen LogP contribution in [0.15, 0.2) is 46.8 Å². The minimum atomic E-state index is -1.64. The molecule has 0 amide bonds. The number of allylic oxidation sites excluding steroid dienone is 2. The molecule has 2 heterocycles. The highest BCUT2D eigenvalue weighted by Crippen LogP contribution is 2.42. The van der Waals surface area contributed by atoms with Gasteiger partial charge < -0.3 is 44.7 Å². The maximum atomic E-state index is 13.2. The minimum absolute atomic E-state index is 0.00285. The van der Waals surface area contributed by atoms with Crippen LogP contribution < -0.4 is 5.32 Å². The fraction of sp³-hybridized carbons (Fsp3) is 0.500. The van der Waals surface area contributed by atoms with E-state index in [-0.39, 0.29) is 35.6 Å². The molecule has 2 aliphatic rings. The zero-order chi connectivity index (χ0) is 28.1. The van der Waals surface area contributed by atoms with Gasteiger partial charge in [-0.25, -0.2) is 9.59 Å². The summed E-state index contributed by atoms with van der Waals surface area (Å²) >= 11 is 0. The number of carbonyl (C=O) groups is 2. The van der Waals surface area contributed by atoms with Crippen molar-refractivity contribution in [3.05, 3.63) is 62.5 Å². The average Bonchev–Trinajstić information content (AvgIpc) is 2.89. The van der Waals surface area contributed by atoms with Gasteiger partial charge in [0.15, 0.2) is 6.29 Å². The molecule has 0 bridgehead atoms. The van der Waals surface area contributed by atoms with Gasteiger partial charge in [-0.05, 0) is 13.8 Å². The maximum absolute atomic E-state index is 13.2. The van der Waals surface area contributed by atoms with E-state index in [4.69, 9.17) is 18.9 Å². The van der Waals surface area contributed by atoms with Gasteiger partial charge in [-0.3, -0.25) is 10.1 Å². The monoisotopic (exact) mass is 538 g/mol. The summed E-state index contributed by atoms with van der Waals surface area (Å²) in [5.74, 6) is -2.87. The molecular weight excluding hydrogens is 508 g/mol. The van der Waals surface area contributed by atoms with Gasteiger partial charge in [-0.2, -0.15) is 0 Å². The smallest absolute Gasteiger partial charge is 0.336 e. The van der Waals surface area contributed by atoms with Crippen molar-refractivity contribution in [1.29, 1.82) is 0 Å². The van der Waals surface area contributed by atoms with E-state index in [1.807, 2.05) is 0 Å². The molecule has 0 aliphatic carbocycles. The van der Waals surface area contributed by atoms with E-state index in [2.05, 4.69) is 5.32 Å². The van der Waals surface area contributed by atoms with Crippen LogP contribution in [0.5, 0.6) is 0 Å². The minimum Gasteiger partial charge on any atom is -0.466 e. The molecule has 38 heavy (non-hydrogen) atoms. The topological polar surface area (TPSA) is 207 Å². The average molecular weight is 539 g/mol. The Kier molecular flexibility index (Phi) is 9.54. The first kappa shape index (κ1) is 29.2. The van der Waals surface area contributed by atoms with Crippen molar-refractivity contribution >= 4 is 17.6 Å². The van der Waals surface area contributed by atoms with E-state index in [1.165, 1.54) is 18.2 Å². The number of nitrogens with one attached hydrogen (secondary N) is 1. The lowest BCUT2D eigenvalue weighted by atomic mass is 9.79. The Hall–Kier alpha value is -3.40. The maximum Gasteiger partial charge on any atom is 0.336 e. The van der Waals surface area contributed by atoms with Crippen LogP contribution in [0.1, 0.15) is 25.3 Å². The van der Waals surface area contributed by atoms with Crippen molar-refractivity contribution in [3.8, 4) is 0 Å². The molecular formula is C24H30N2O12. The first-order chi connectivity index (χ1) is 18.0. The quantitative estimate of drug-likeness (QED) is 0.115. The Labute approximate surface area is 217 Å². The second-order valence-electron chi connectivity index (χ2n) is 8.65. The molecule has 0 radical (unpaired) electrons. The summed E-state index contributed by atoms with van der Waals surface area (Å²) in [6.07, 6.45) is -7.41. The number of aliphatic hydroxyl groups is 4. The summed E-state index contributed by atoms with van der Waals surface area (Å²) in [6, 6.07) is 5.70. The number of dihydropyridines is 1. The number of aliphatic hydroxyl groups excluding tert-OH is 4. The summed E-state index contributed by atoms with van der Waals surface area (Å²) in [7, 11) is 1.15. The molecule has 6 atom stereocenters. The van der Waals surface area contributed by atoms with Crippen LogP contribution in [0.2, 0.25) is 0 Å². The van der Waals surface area contributed by atoms with Gasteiger partial charge in [0.1, 0.15) is 31.0 Å². The fourth-order valence-corrected chi connectivity index (χ4v) is 4.44. The van der Waals surface area contributed by atoms with Gasteiger partial charge in [0, 0.05) is 23.0 Å². The molecule has 3 rings (SSSR count). The van der Waals surface area contributed by atoms with Crippen molar-refractivity contribution < 1.29 is 53.9 Å². The number of carbonyl (C=O) groups excluding carboxylic acids is 2. The zero-order valence-electron chi connectivity index (χ0n) is 20.9. The summed E-state index contributed by atoms with van der Waals surface area (Å²) < 4.78 is 20.8. The molecule has 2 aliphatic heterocycles. The number of ether oxygens (including phenoxy) is 4. The number of hydrogen-bond donors (Lipinski definition) is 5. The molecule has 1 fully saturated rings. The van der Waals surface area contributed by atoms with E-state index in [0.717, 1.165) is 7.11 Å². The van der Waals surface area contributed by atoms with Crippen LogP contribution in [0, 0.1) is 10.1 Å². The number of benzene rings is 1. The zero-order valence-corrected chi connectivity index (χ0v) is 20.9. The van der Waals surface area contributed by atoms with Crippen LogP contribution in [0.25, 0.3) is 0 Å². The van der Waals surface area contributed by atoms with Crippen LogP contribution >= 0.6 is 0 Å². The van der Waals surface area contributed by atoms with Gasteiger partial charge in [-0.1, -0.05) is 18.2 Å². The van der Waals surface area contributed by atoms with Crippen molar-refractivity contribution in [2.45, 2.75) is 50.5 Å². The van der Waals surface area contributed by atoms with Gasteiger partial charge in [-0.15, -0.1) is 0 Å². The van der Waals surface area contributed by atoms with Crippen LogP contribution in [-0.2, 0) is 28.5 Å². The Balaban J connectivity index is 1.81. The molecule has 14 nitrogen and oxygen atoms in total. The van der Waals surface area contributed by atoms with Crippen molar-refractivity contribution in [3.63, 3.8) is 0 Å². The number of para-hydroxylation sites is 1. The Morgan fingerprint density at radius 1 is 1.03 bits per heavy atom. The molecule has 1 saturated heterocycles. The third-order valence-corrected chi connectivity index (χ3v) is 6.28. The van der Waals surface area contributed by atoms with E-state index >= 15 is 0 Å². The summed E-state index contributed by atoms with van der Waals surface area (Å²) in [5, 5.41) is 53.7. The van der Waals surface area contributed by atoms with Crippen LogP contribution in [-0.4, -0.2) is 94.9 Å². The lowest BCUT2D eigenvalue weighted by molar-refractivity contribution is -0.385. The van der Waals surface area contributed by atoms with E-state index in [1.54, 1.807) is 19.9 Å². The highest BCUT2D eigenvalue weighted by atomic mass is 16.7. The predicted molar refractivity (Wildman–Crippen MR) is 127 cm³/mol. The van der Waals surface area contributed by atoms with Gasteiger partial charge >= 0.3 is 11.9 Å². The highest BCUT2D eigenvalue weighted by Gasteiger charge is 2.44. The number of methoxy groups -OCH3 is 1. The predicted octanol–water partition coefficient (Wildman–Crippen LogP) is -0.638. The number of hydrogen-bond acceptors (Lipinski definition) is 13. The molecule has 0 aromatic heterocycles. The molecule has 1 aromatic rings. The largest absolute Gasteiger partial charge is 0.466 e. The second kappa shape index (κ2) is 12.4. The van der Waals surface area contributed by atoms with E-state index < -0.39 is 60.1 Å². The van der Waals surface area contributed by atoms with Crippen molar-refractivity contribution in [2.24, 2.45) is 0 Å². The normalized spacial score (nSPS) is 27.6. The number of esters is 2. The standard InChI is InChI=1S/C24H30N2O12/c1-11-16(22(31)35-3)18(13-6-4-5-7-14(13)26(33)34)17(12(2)25-11)23(32)36-8-9-37-24-21(30)20(29)19(28)15(10-27)38-24/h4-7,15,18-21,24-25,27-30H,8-10H2,1-3H3/t15-,18?,19-,20+,21-,24-/m1/s1. The third kappa shape index (κ3) is 5.85. The summed E-state index contributed by atoms with van der Waals surface area (Å²) in [4.78, 5) is 37.1. The SMILES string of the molecule is COC(=O)C1=C(C)NC(C)=C(C(=O)OCCO[C@@H]2O[C@H](CO)[C@@H](O)[C@H](O)[C@H]2O)C1c1ccccc1[N+](=O)[O-]. The lowest BCUT2D eigenvalue weighted by Gasteiger charge is -2.39. The van der Waals surface area contributed by atoms with E-state index in [0.29, 0.717) is 11.4 Å². The number of nitro benzene ring substituents is 1. The lowest BCUT2D eigenvalue weighted by Crippen LogP contribution is -2.59. The van der Waals surface area contributed by atoms with E-state index in [9.17, 15) is 40.1 Å². The molecule has 5 N–H and O–H groups in total. The first-order valence-corrected chi connectivity index (χ1v) is 11.6. The number of nitrogens with zero attached hydrogens (tertiary/aromatic N) is 1. The molecule has 1 unspecified atom stereocenters. The molecule has 1 aromatic carbocycles. The van der Waals surface area contributed by atoms with Crippen molar-refractivity contribution in [2.75, 3.05) is 26.9 Å². The second-order valence-corrected chi connectivity index (χ2v) is 8.65. The van der Waals surface area contributed by atoms with Crippen LogP contribution in [0.4, 0.5) is 5.69 Å². The van der Waals surface area contributed by atoms with Crippen LogP contribution in [0.3, 0.4) is 0 Å². The van der Waals surface area contributed by atoms with Gasteiger partial charge in [0.25, 0.3) is 5.69 Å². The number of rotatable bonds is 9. The fourth-order valence-electron chi connectivity index (χ4n) is 4.44. The van der Waals surface area contributed by atoms with Crippen molar-refractivity contribution in [1.82, 2.24) is 5.32 Å². The summed E-state index contributed by atoms with van der Waals surface area (Å²) in [5.41, 5.74) is 0.369. The Morgan fingerprint density at radius 2 is 1.66 bits per heavy atom. The molecule has 208 valence electrons. The Morgan fingerprint density at radius 3 is 2.26 bits per heavy atom. The summed E-state index contributed by atoms with van der Waals surface area (Å²) in [6.45, 7) is 1.81. The first-order valence-electron chi connectivity index (χ1n) is 11.6.